The van der Waals surface area contributed by atoms with Gasteiger partial charge in [-0.05, 0) is 23.3 Å². The molecule has 1 N–H and O–H groups in total. The second kappa shape index (κ2) is 4.71. The number of amides is 1. The first-order valence-electron chi connectivity index (χ1n) is 5.26. The highest BCUT2D eigenvalue weighted by Gasteiger charge is 2.25. The van der Waals surface area contributed by atoms with Crippen LogP contribution in [0.2, 0.25) is 0 Å². The summed E-state index contributed by atoms with van der Waals surface area (Å²) in [6, 6.07) is 8.42. The molecular weight excluding hydrogens is 206 g/mol. The van der Waals surface area contributed by atoms with Crippen LogP contribution in [0.1, 0.15) is 23.5 Å². The second-order valence-electron chi connectivity index (χ2n) is 3.88. The van der Waals surface area contributed by atoms with Crippen molar-refractivity contribution in [2.45, 2.75) is 18.8 Å². The first kappa shape index (κ1) is 10.6. The molecule has 0 bridgehead atoms. The number of fused-ring (bicyclic) bond motifs is 1. The number of carbonyl (C=O) groups excluding carboxylic acids is 1. The summed E-state index contributed by atoms with van der Waals surface area (Å²) in [7, 11) is 0. The fourth-order valence-electron chi connectivity index (χ4n) is 1.97. The first-order chi connectivity index (χ1) is 7.31. The van der Waals surface area contributed by atoms with Crippen LogP contribution in [-0.4, -0.2) is 18.2 Å². The van der Waals surface area contributed by atoms with Gasteiger partial charge in [-0.1, -0.05) is 24.3 Å². The Morgan fingerprint density at radius 2 is 2.27 bits per heavy atom. The lowest BCUT2D eigenvalue weighted by molar-refractivity contribution is -0.120. The molecule has 0 radical (unpaired) electrons. The number of carbonyl (C=O) groups is 1. The molecule has 1 atom stereocenters. The van der Waals surface area contributed by atoms with Crippen LogP contribution in [0.5, 0.6) is 0 Å². The SMILES string of the molecule is O=C(CCS)NCC1Cc2ccccc21. The van der Waals surface area contributed by atoms with Gasteiger partial charge in [-0.15, -0.1) is 0 Å². The Balaban J connectivity index is 1.82. The maximum atomic E-state index is 11.2. The van der Waals surface area contributed by atoms with Gasteiger partial charge >= 0.3 is 0 Å². The van der Waals surface area contributed by atoms with E-state index >= 15 is 0 Å². The van der Waals surface area contributed by atoms with Gasteiger partial charge in [-0.25, -0.2) is 0 Å². The highest BCUT2D eigenvalue weighted by Crippen LogP contribution is 2.33. The predicted molar refractivity (Wildman–Crippen MR) is 64.4 cm³/mol. The molecule has 0 spiro atoms. The lowest BCUT2D eigenvalue weighted by Crippen LogP contribution is -2.33. The van der Waals surface area contributed by atoms with Gasteiger partial charge in [0.2, 0.25) is 5.91 Å². The van der Waals surface area contributed by atoms with Crippen molar-refractivity contribution in [2.75, 3.05) is 12.3 Å². The number of nitrogens with one attached hydrogen (secondary N) is 1. The van der Waals surface area contributed by atoms with Crippen LogP contribution >= 0.6 is 12.6 Å². The fourth-order valence-corrected chi connectivity index (χ4v) is 2.17. The average Bonchev–Trinajstić information content (AvgIpc) is 2.20. The average molecular weight is 221 g/mol. The largest absolute Gasteiger partial charge is 0.355 e. The Morgan fingerprint density at radius 1 is 1.47 bits per heavy atom. The summed E-state index contributed by atoms with van der Waals surface area (Å²) in [5.41, 5.74) is 2.81. The molecule has 1 aliphatic rings. The quantitative estimate of drug-likeness (QED) is 0.745. The monoisotopic (exact) mass is 221 g/mol. The van der Waals surface area contributed by atoms with Gasteiger partial charge in [0.25, 0.3) is 0 Å². The summed E-state index contributed by atoms with van der Waals surface area (Å²) >= 11 is 4.03. The van der Waals surface area contributed by atoms with E-state index in [9.17, 15) is 4.79 Å². The lowest BCUT2D eigenvalue weighted by Gasteiger charge is -2.30. The van der Waals surface area contributed by atoms with E-state index in [2.05, 4.69) is 42.2 Å². The van der Waals surface area contributed by atoms with Crippen LogP contribution in [0.15, 0.2) is 24.3 Å². The van der Waals surface area contributed by atoms with E-state index in [0.29, 0.717) is 18.1 Å². The Kier molecular flexibility index (Phi) is 3.31. The number of benzene rings is 1. The van der Waals surface area contributed by atoms with Crippen LogP contribution in [0.3, 0.4) is 0 Å². The maximum absolute atomic E-state index is 11.2. The number of hydrogen-bond acceptors (Lipinski definition) is 2. The Hall–Kier alpha value is -0.960. The third kappa shape index (κ3) is 2.34. The zero-order valence-corrected chi connectivity index (χ0v) is 9.47. The minimum atomic E-state index is 0.106. The van der Waals surface area contributed by atoms with Crippen molar-refractivity contribution in [1.82, 2.24) is 5.32 Å². The van der Waals surface area contributed by atoms with Crippen molar-refractivity contribution in [2.24, 2.45) is 0 Å². The van der Waals surface area contributed by atoms with Gasteiger partial charge in [0.05, 0.1) is 0 Å². The van der Waals surface area contributed by atoms with E-state index in [1.165, 1.54) is 11.1 Å². The Morgan fingerprint density at radius 3 is 3.00 bits per heavy atom. The molecule has 1 amide bonds. The summed E-state index contributed by atoms with van der Waals surface area (Å²) in [4.78, 5) is 11.2. The predicted octanol–water partition coefficient (Wildman–Crippen LogP) is 1.76. The second-order valence-corrected chi connectivity index (χ2v) is 4.32. The highest BCUT2D eigenvalue weighted by atomic mass is 32.1. The molecule has 1 aliphatic carbocycles. The normalized spacial score (nSPS) is 17.8. The van der Waals surface area contributed by atoms with E-state index in [-0.39, 0.29) is 5.91 Å². The molecule has 1 aromatic rings. The number of thiol groups is 1. The molecule has 1 aromatic carbocycles. The molecule has 2 nitrogen and oxygen atoms in total. The van der Waals surface area contributed by atoms with Crippen LogP contribution in [0.25, 0.3) is 0 Å². The molecule has 3 heteroatoms. The van der Waals surface area contributed by atoms with E-state index in [4.69, 9.17) is 0 Å². The van der Waals surface area contributed by atoms with Crippen molar-refractivity contribution in [3.8, 4) is 0 Å². The Bertz CT molecular complexity index is 364. The molecular formula is C12H15NOS. The standard InChI is InChI=1S/C12H15NOS/c14-12(5-6-15)13-8-10-7-9-3-1-2-4-11(9)10/h1-4,10,15H,5-8H2,(H,13,14). The van der Waals surface area contributed by atoms with Gasteiger partial charge in [-0.3, -0.25) is 4.79 Å². The highest BCUT2D eigenvalue weighted by molar-refractivity contribution is 7.80. The van der Waals surface area contributed by atoms with E-state index in [1.54, 1.807) is 0 Å². The van der Waals surface area contributed by atoms with Crippen molar-refractivity contribution in [3.63, 3.8) is 0 Å². The van der Waals surface area contributed by atoms with E-state index in [0.717, 1.165) is 13.0 Å². The molecule has 0 aromatic heterocycles. The molecule has 15 heavy (non-hydrogen) atoms. The number of hydrogen-bond donors (Lipinski definition) is 2. The van der Waals surface area contributed by atoms with Gasteiger partial charge in [0.1, 0.15) is 0 Å². The van der Waals surface area contributed by atoms with Gasteiger partial charge in [0, 0.05) is 18.9 Å². The fraction of sp³-hybridized carbons (Fsp3) is 0.417. The minimum Gasteiger partial charge on any atom is -0.355 e. The Labute approximate surface area is 95.5 Å². The molecule has 0 saturated carbocycles. The molecule has 0 saturated heterocycles. The zero-order valence-electron chi connectivity index (χ0n) is 8.57. The van der Waals surface area contributed by atoms with E-state index < -0.39 is 0 Å². The molecule has 1 unspecified atom stereocenters. The van der Waals surface area contributed by atoms with E-state index in [1.807, 2.05) is 0 Å². The van der Waals surface area contributed by atoms with Crippen molar-refractivity contribution >= 4 is 18.5 Å². The van der Waals surface area contributed by atoms with Crippen LogP contribution in [0, 0.1) is 0 Å². The smallest absolute Gasteiger partial charge is 0.220 e. The lowest BCUT2D eigenvalue weighted by atomic mass is 9.77. The van der Waals surface area contributed by atoms with Crippen LogP contribution in [0.4, 0.5) is 0 Å². The van der Waals surface area contributed by atoms with Crippen molar-refractivity contribution in [1.29, 1.82) is 0 Å². The molecule has 0 heterocycles. The summed E-state index contributed by atoms with van der Waals surface area (Å²) in [6.07, 6.45) is 1.61. The van der Waals surface area contributed by atoms with Crippen LogP contribution < -0.4 is 5.32 Å². The topological polar surface area (TPSA) is 29.1 Å². The van der Waals surface area contributed by atoms with Gasteiger partial charge < -0.3 is 5.32 Å². The molecule has 0 aliphatic heterocycles. The molecule has 2 rings (SSSR count). The van der Waals surface area contributed by atoms with Crippen molar-refractivity contribution in [3.05, 3.63) is 35.4 Å². The summed E-state index contributed by atoms with van der Waals surface area (Å²) in [6.45, 7) is 0.767. The minimum absolute atomic E-state index is 0.106. The maximum Gasteiger partial charge on any atom is 0.220 e. The third-order valence-electron chi connectivity index (χ3n) is 2.85. The van der Waals surface area contributed by atoms with Gasteiger partial charge in [-0.2, -0.15) is 12.6 Å². The summed E-state index contributed by atoms with van der Waals surface area (Å²) < 4.78 is 0. The molecule has 80 valence electrons. The molecule has 0 fully saturated rings. The van der Waals surface area contributed by atoms with Gasteiger partial charge in [0.15, 0.2) is 0 Å². The number of rotatable bonds is 4. The van der Waals surface area contributed by atoms with Crippen molar-refractivity contribution < 1.29 is 4.79 Å². The zero-order chi connectivity index (χ0) is 10.7. The van der Waals surface area contributed by atoms with Crippen LogP contribution in [-0.2, 0) is 11.2 Å². The summed E-state index contributed by atoms with van der Waals surface area (Å²) in [5, 5.41) is 2.94. The summed E-state index contributed by atoms with van der Waals surface area (Å²) in [5.74, 6) is 1.24. The first-order valence-corrected chi connectivity index (χ1v) is 5.90. The third-order valence-corrected chi connectivity index (χ3v) is 3.07.